The van der Waals surface area contributed by atoms with Gasteiger partial charge in [0.2, 0.25) is 0 Å². The summed E-state index contributed by atoms with van der Waals surface area (Å²) in [5, 5.41) is 27.1. The number of anilines is 3. The van der Waals surface area contributed by atoms with E-state index in [1.54, 1.807) is 89.2 Å². The van der Waals surface area contributed by atoms with Crippen molar-refractivity contribution >= 4 is 52.9 Å². The molecule has 15 rings (SSSR count). The van der Waals surface area contributed by atoms with Crippen LogP contribution in [-0.4, -0.2) is 148 Å². The Morgan fingerprint density at radius 1 is 0.487 bits per heavy atom. The van der Waals surface area contributed by atoms with Crippen LogP contribution in [0.2, 0.25) is 0 Å². The van der Waals surface area contributed by atoms with Crippen LogP contribution in [0, 0.1) is 58.7 Å². The Bertz CT molecular complexity index is 5200. The SMILES string of the molecule is CC#CC(=O)N1CCC2(CC(n3nc(-c4cnn(C(C)c5cccc(C(F)(F)F)c5)c4)c(C(N)=O)c3N)C2)C1.CC#CC(=O)N1CCC2(CC(n3nc(-c4cnn(Cc5ccccc5C)c4)c(C(N)=O)c3N)C2)C1.CC#CC(=O)N1CCC2(CC(n3nc(-c4cnn([C@@H](C)c5cccc(C(F)(F)F)c5)c4)c(C(N)=O)c3N)C2)C1. The number of amides is 6. The molecule has 0 bridgehead atoms. The van der Waals surface area contributed by atoms with E-state index < -0.39 is 53.3 Å². The van der Waals surface area contributed by atoms with E-state index in [9.17, 15) is 55.1 Å². The molecule has 3 aliphatic heterocycles. The van der Waals surface area contributed by atoms with E-state index in [-0.39, 0.29) is 97.6 Å². The number of halogens is 6. The fourth-order valence-electron chi connectivity index (χ4n) is 16.9. The molecule has 3 aliphatic carbocycles. The van der Waals surface area contributed by atoms with Crippen LogP contribution < -0.4 is 34.4 Å². The molecule has 6 aliphatic rings. The molecule has 3 spiro atoms. The number of aryl methyl sites for hydroxylation is 1. The zero-order valence-electron chi connectivity index (χ0n) is 63.0. The molecule has 27 nitrogen and oxygen atoms in total. The number of rotatable bonds is 15. The molecular formula is C80H85F6N21O6. The highest BCUT2D eigenvalue weighted by Crippen LogP contribution is 2.58. The van der Waals surface area contributed by atoms with Gasteiger partial charge in [0.15, 0.2) is 0 Å². The Morgan fingerprint density at radius 2 is 0.823 bits per heavy atom. The first-order chi connectivity index (χ1) is 53.6. The molecular weight excluding hydrogens is 1470 g/mol. The maximum atomic E-state index is 13.2. The van der Waals surface area contributed by atoms with Crippen LogP contribution in [0.25, 0.3) is 33.8 Å². The van der Waals surface area contributed by atoms with Gasteiger partial charge < -0.3 is 49.1 Å². The Hall–Kier alpha value is -12.6. The second kappa shape index (κ2) is 30.6. The predicted octanol–water partition coefficient (Wildman–Crippen LogP) is 9.63. The molecule has 588 valence electrons. The van der Waals surface area contributed by atoms with E-state index in [1.165, 1.54) is 39.5 Å². The van der Waals surface area contributed by atoms with Crippen LogP contribution in [0.5, 0.6) is 0 Å². The van der Waals surface area contributed by atoms with Crippen molar-refractivity contribution in [3.8, 4) is 69.3 Å². The summed E-state index contributed by atoms with van der Waals surface area (Å²) in [4.78, 5) is 78.9. The maximum Gasteiger partial charge on any atom is 0.416 e. The van der Waals surface area contributed by atoms with E-state index in [0.717, 1.165) is 87.6 Å². The Balaban J connectivity index is 0.000000148. The molecule has 9 heterocycles. The van der Waals surface area contributed by atoms with Gasteiger partial charge in [-0.05, 0) is 180 Å². The number of carbonyl (C=O) groups excluding carboxylic acids is 6. The van der Waals surface area contributed by atoms with Crippen molar-refractivity contribution in [2.24, 2.45) is 33.4 Å². The number of nitrogens with zero attached hydrogens (tertiary/aromatic N) is 15. The third kappa shape index (κ3) is 15.7. The van der Waals surface area contributed by atoms with Gasteiger partial charge in [-0.3, -0.25) is 42.8 Å². The molecule has 1 unspecified atom stereocenters. The van der Waals surface area contributed by atoms with Gasteiger partial charge in [-0.2, -0.15) is 56.9 Å². The average Bonchev–Trinajstić information content (AvgIpc) is 1.60. The smallest absolute Gasteiger partial charge is 0.383 e. The molecule has 3 saturated carbocycles. The molecule has 3 saturated heterocycles. The lowest BCUT2D eigenvalue weighted by molar-refractivity contribution is -0.138. The molecule has 6 aromatic heterocycles. The fourth-order valence-corrected chi connectivity index (χ4v) is 16.9. The summed E-state index contributed by atoms with van der Waals surface area (Å²) in [5.74, 6) is 13.8. The van der Waals surface area contributed by atoms with Crippen molar-refractivity contribution in [2.75, 3.05) is 56.5 Å². The van der Waals surface area contributed by atoms with Gasteiger partial charge in [0, 0.05) is 74.5 Å². The van der Waals surface area contributed by atoms with E-state index in [2.05, 4.69) is 80.1 Å². The van der Waals surface area contributed by atoms with E-state index in [1.807, 2.05) is 27.9 Å². The molecule has 0 radical (unpaired) electrons. The minimum atomic E-state index is -4.46. The molecule has 2 atom stereocenters. The summed E-state index contributed by atoms with van der Waals surface area (Å²) < 4.78 is 88.9. The number of hydrogen-bond acceptors (Lipinski definition) is 15. The second-order valence-corrected chi connectivity index (χ2v) is 30.4. The van der Waals surface area contributed by atoms with E-state index in [4.69, 9.17) is 39.5 Å². The summed E-state index contributed by atoms with van der Waals surface area (Å²) in [5.41, 5.74) is 40.9. The van der Waals surface area contributed by atoms with Crippen molar-refractivity contribution in [1.82, 2.24) is 73.4 Å². The summed E-state index contributed by atoms with van der Waals surface area (Å²) in [6.45, 7) is 15.0. The maximum absolute atomic E-state index is 13.2. The van der Waals surface area contributed by atoms with E-state index >= 15 is 0 Å². The number of aromatic nitrogens is 12. The molecule has 9 aromatic rings. The first kappa shape index (κ1) is 78.5. The van der Waals surface area contributed by atoms with Gasteiger partial charge in [-0.25, -0.2) is 14.0 Å². The van der Waals surface area contributed by atoms with Gasteiger partial charge in [-0.1, -0.05) is 66.3 Å². The van der Waals surface area contributed by atoms with Crippen molar-refractivity contribution in [1.29, 1.82) is 0 Å². The van der Waals surface area contributed by atoms with Crippen molar-refractivity contribution < 1.29 is 55.1 Å². The number of hydrogen-bond donors (Lipinski definition) is 6. The highest BCUT2D eigenvalue weighted by atomic mass is 19.4. The van der Waals surface area contributed by atoms with E-state index in [0.29, 0.717) is 79.3 Å². The summed E-state index contributed by atoms with van der Waals surface area (Å²) in [6, 6.07) is 17.1. The number of nitrogens with two attached hydrogens (primary N) is 6. The quantitative estimate of drug-likeness (QED) is 0.0411. The summed E-state index contributed by atoms with van der Waals surface area (Å²) >= 11 is 0. The van der Waals surface area contributed by atoms with Gasteiger partial charge in [0.05, 0.1) is 66.5 Å². The lowest BCUT2D eigenvalue weighted by atomic mass is 9.65. The van der Waals surface area contributed by atoms with Crippen LogP contribution in [-0.2, 0) is 33.3 Å². The first-order valence-electron chi connectivity index (χ1n) is 36.8. The molecule has 33 heteroatoms. The van der Waals surface area contributed by atoms with Crippen LogP contribution >= 0.6 is 0 Å². The molecule has 3 aromatic carbocycles. The molecule has 6 fully saturated rings. The number of alkyl halides is 6. The molecule has 12 N–H and O–H groups in total. The Morgan fingerprint density at radius 3 is 1.15 bits per heavy atom. The van der Waals surface area contributed by atoms with Gasteiger partial charge in [0.25, 0.3) is 35.4 Å². The molecule has 6 amide bonds. The predicted molar refractivity (Wildman–Crippen MR) is 406 cm³/mol. The zero-order chi connectivity index (χ0) is 81.0. The number of carbonyl (C=O) groups is 6. The van der Waals surface area contributed by atoms with Crippen LogP contribution in [0.15, 0.2) is 110 Å². The summed E-state index contributed by atoms with van der Waals surface area (Å²) in [6.07, 6.45) is 8.13. The standard InChI is InChI=1S/2C27H28F3N7O2.C26H29N7O2/c2*1-3-5-21(38)35-9-8-26(15-35)11-20(12-26)37-24(31)22(25(32)39)23(34-37)18-13-33-36(14-18)16(2)17-6-4-7-19(10-17)27(28,29)30;1-3-6-21(34)31-10-9-26(16-31)11-20(12-26)33-24(27)22(25(28)35)23(30-33)19-13-29-32(15-19)14-18-8-5-4-7-17(18)2/h2*4,6-7,10,13-14,16,20H,8-9,11-12,15,31H2,1-2H3,(H2,32,39);4-5,7-8,13,15,20H,9-12,14,16,27H2,1-2H3,(H2,28,35)/t16-,20?,26?;;/m0../s1. The van der Waals surface area contributed by atoms with Crippen molar-refractivity contribution in [3.63, 3.8) is 0 Å². The first-order valence-corrected chi connectivity index (χ1v) is 36.8. The zero-order valence-corrected chi connectivity index (χ0v) is 63.0. The normalized spacial score (nSPS) is 21.2. The topological polar surface area (TPSA) is 375 Å². The monoisotopic (exact) mass is 1550 g/mol. The van der Waals surface area contributed by atoms with Crippen molar-refractivity contribution in [3.05, 3.63) is 160 Å². The molecule has 113 heavy (non-hydrogen) atoms. The van der Waals surface area contributed by atoms with Gasteiger partial charge >= 0.3 is 12.4 Å². The largest absolute Gasteiger partial charge is 0.416 e. The van der Waals surface area contributed by atoms with Crippen LogP contribution in [0.1, 0.15) is 187 Å². The number of benzene rings is 3. The lowest BCUT2D eigenvalue weighted by Crippen LogP contribution is -2.42. The van der Waals surface area contributed by atoms with Crippen molar-refractivity contribution in [2.45, 2.75) is 148 Å². The Labute approximate surface area is 646 Å². The minimum Gasteiger partial charge on any atom is -0.383 e. The fraction of sp³-hybridized carbons (Fsp3) is 0.400. The van der Waals surface area contributed by atoms with Gasteiger partial charge in [-0.15, -0.1) is 0 Å². The third-order valence-electron chi connectivity index (χ3n) is 22.9. The lowest BCUT2D eigenvalue weighted by Gasteiger charge is -2.45. The number of likely N-dealkylation sites (tertiary alicyclic amines) is 3. The number of primary amides is 3. The average molecular weight is 1550 g/mol. The Kier molecular flexibility index (Phi) is 21.3. The second-order valence-electron chi connectivity index (χ2n) is 30.4. The number of nitrogen functional groups attached to an aromatic ring is 3. The third-order valence-corrected chi connectivity index (χ3v) is 22.9. The minimum absolute atomic E-state index is 0.0353. The highest BCUT2D eigenvalue weighted by Gasteiger charge is 2.54. The summed E-state index contributed by atoms with van der Waals surface area (Å²) in [7, 11) is 0. The highest BCUT2D eigenvalue weighted by molar-refractivity contribution is 6.05. The van der Waals surface area contributed by atoms with Crippen LogP contribution in [0.4, 0.5) is 43.8 Å². The van der Waals surface area contributed by atoms with Crippen LogP contribution in [0.3, 0.4) is 0 Å². The van der Waals surface area contributed by atoms with Gasteiger partial charge in [0.1, 0.15) is 51.2 Å².